The van der Waals surface area contributed by atoms with E-state index in [-0.39, 0.29) is 5.28 Å². The van der Waals surface area contributed by atoms with Crippen LogP contribution in [-0.2, 0) is 4.74 Å². The van der Waals surface area contributed by atoms with E-state index in [9.17, 15) is 4.79 Å². The predicted octanol–water partition coefficient (Wildman–Crippen LogP) is 2.07. The zero-order valence-electron chi connectivity index (χ0n) is 7.90. The van der Waals surface area contributed by atoms with Crippen molar-refractivity contribution in [1.82, 2.24) is 9.97 Å². The second kappa shape index (κ2) is 3.82. The second-order valence-corrected chi connectivity index (χ2v) is 3.21. The number of ether oxygens (including phenoxy) is 1. The van der Waals surface area contributed by atoms with Gasteiger partial charge in [0.25, 0.3) is 0 Å². The minimum absolute atomic E-state index is 0.157. The molecule has 1 heterocycles. The summed E-state index contributed by atoms with van der Waals surface area (Å²) in [5, 5.41) is 0.790. The highest BCUT2D eigenvalue weighted by molar-refractivity contribution is 6.28. The highest BCUT2D eigenvalue weighted by atomic mass is 35.5. The molecule has 0 spiro atoms. The molecule has 2 rings (SSSR count). The van der Waals surface area contributed by atoms with Crippen molar-refractivity contribution in [2.24, 2.45) is 0 Å². The summed E-state index contributed by atoms with van der Waals surface area (Å²) in [5.74, 6) is -0.411. The quantitative estimate of drug-likeness (QED) is 0.548. The fraction of sp³-hybridized carbons (Fsp3) is 0.100. The number of fused-ring (bicyclic) bond motifs is 1. The SMILES string of the molecule is COC(=O)c1cccc2nc(Cl)ncc12. The summed E-state index contributed by atoms with van der Waals surface area (Å²) < 4.78 is 4.65. The van der Waals surface area contributed by atoms with E-state index in [4.69, 9.17) is 11.6 Å². The molecule has 0 aliphatic rings. The molecule has 0 saturated carbocycles. The Bertz CT molecular complexity index is 528. The van der Waals surface area contributed by atoms with Crippen LogP contribution in [0.15, 0.2) is 24.4 Å². The first kappa shape index (κ1) is 9.86. The summed E-state index contributed by atoms with van der Waals surface area (Å²) in [7, 11) is 1.33. The van der Waals surface area contributed by atoms with Gasteiger partial charge in [-0.05, 0) is 23.7 Å². The normalized spacial score (nSPS) is 10.3. The van der Waals surface area contributed by atoms with Crippen LogP contribution in [0.25, 0.3) is 10.9 Å². The fourth-order valence-corrected chi connectivity index (χ4v) is 1.46. The van der Waals surface area contributed by atoms with Gasteiger partial charge in [0.05, 0.1) is 18.2 Å². The van der Waals surface area contributed by atoms with E-state index < -0.39 is 5.97 Å². The average Bonchev–Trinajstić information content (AvgIpc) is 2.26. The molecular formula is C10H7ClN2O2. The van der Waals surface area contributed by atoms with E-state index in [0.717, 1.165) is 0 Å². The number of esters is 1. The summed E-state index contributed by atoms with van der Waals surface area (Å²) in [5.41, 5.74) is 1.06. The molecule has 0 aliphatic carbocycles. The van der Waals surface area contributed by atoms with Gasteiger partial charge >= 0.3 is 5.97 Å². The lowest BCUT2D eigenvalue weighted by atomic mass is 10.1. The molecule has 0 saturated heterocycles. The standard InChI is InChI=1S/C10H7ClN2O2/c1-15-9(14)6-3-2-4-8-7(6)5-12-10(11)13-8/h2-5H,1H3. The zero-order chi connectivity index (χ0) is 10.8. The number of benzene rings is 1. The van der Waals surface area contributed by atoms with Crippen LogP contribution < -0.4 is 0 Å². The van der Waals surface area contributed by atoms with E-state index in [1.165, 1.54) is 13.3 Å². The molecule has 1 aromatic heterocycles. The number of nitrogens with zero attached hydrogens (tertiary/aromatic N) is 2. The lowest BCUT2D eigenvalue weighted by molar-refractivity contribution is 0.0603. The molecule has 5 heteroatoms. The Morgan fingerprint density at radius 3 is 3.00 bits per heavy atom. The molecule has 1 aromatic carbocycles. The zero-order valence-corrected chi connectivity index (χ0v) is 8.65. The predicted molar refractivity (Wildman–Crippen MR) is 55.9 cm³/mol. The van der Waals surface area contributed by atoms with Gasteiger partial charge in [-0.2, -0.15) is 0 Å². The lowest BCUT2D eigenvalue weighted by Crippen LogP contribution is -2.02. The molecule has 15 heavy (non-hydrogen) atoms. The van der Waals surface area contributed by atoms with Gasteiger partial charge in [-0.3, -0.25) is 0 Å². The summed E-state index contributed by atoms with van der Waals surface area (Å²) in [6.45, 7) is 0. The Labute approximate surface area is 90.9 Å². The number of methoxy groups -OCH3 is 1. The lowest BCUT2D eigenvalue weighted by Gasteiger charge is -2.03. The molecule has 0 N–H and O–H groups in total. The van der Waals surface area contributed by atoms with Gasteiger partial charge in [0, 0.05) is 11.6 Å². The summed E-state index contributed by atoms with van der Waals surface area (Å²) in [6, 6.07) is 5.14. The largest absolute Gasteiger partial charge is 0.465 e. The number of hydrogen-bond acceptors (Lipinski definition) is 4. The van der Waals surface area contributed by atoms with Crippen LogP contribution in [0.3, 0.4) is 0 Å². The average molecular weight is 223 g/mol. The van der Waals surface area contributed by atoms with Crippen LogP contribution in [0, 0.1) is 0 Å². The summed E-state index contributed by atoms with van der Waals surface area (Å²) >= 11 is 5.65. The monoisotopic (exact) mass is 222 g/mol. The fourth-order valence-electron chi connectivity index (χ4n) is 1.32. The topological polar surface area (TPSA) is 52.1 Å². The molecule has 76 valence electrons. The van der Waals surface area contributed by atoms with Crippen molar-refractivity contribution in [2.75, 3.05) is 7.11 Å². The van der Waals surface area contributed by atoms with Crippen molar-refractivity contribution in [3.8, 4) is 0 Å². The van der Waals surface area contributed by atoms with Crippen LogP contribution in [0.2, 0.25) is 5.28 Å². The summed E-state index contributed by atoms with van der Waals surface area (Å²) in [4.78, 5) is 19.2. The van der Waals surface area contributed by atoms with Crippen LogP contribution in [-0.4, -0.2) is 23.0 Å². The van der Waals surface area contributed by atoms with E-state index in [0.29, 0.717) is 16.5 Å². The van der Waals surface area contributed by atoms with E-state index in [2.05, 4.69) is 14.7 Å². The maximum Gasteiger partial charge on any atom is 0.338 e. The third-order valence-corrected chi connectivity index (χ3v) is 2.18. The Balaban J connectivity index is 2.71. The van der Waals surface area contributed by atoms with E-state index >= 15 is 0 Å². The molecule has 2 aromatic rings. The van der Waals surface area contributed by atoms with Crippen LogP contribution in [0.4, 0.5) is 0 Å². The van der Waals surface area contributed by atoms with Crippen LogP contribution >= 0.6 is 11.6 Å². The van der Waals surface area contributed by atoms with Gasteiger partial charge in [0.15, 0.2) is 0 Å². The number of carbonyl (C=O) groups excluding carboxylic acids is 1. The maximum absolute atomic E-state index is 11.4. The van der Waals surface area contributed by atoms with Gasteiger partial charge in [-0.15, -0.1) is 0 Å². The maximum atomic E-state index is 11.4. The Morgan fingerprint density at radius 1 is 1.47 bits per heavy atom. The highest BCUT2D eigenvalue weighted by Crippen LogP contribution is 2.18. The van der Waals surface area contributed by atoms with Gasteiger partial charge < -0.3 is 4.74 Å². The molecular weight excluding hydrogens is 216 g/mol. The van der Waals surface area contributed by atoms with Crippen molar-refractivity contribution in [2.45, 2.75) is 0 Å². The first-order chi connectivity index (χ1) is 7.22. The van der Waals surface area contributed by atoms with Crippen molar-refractivity contribution in [1.29, 1.82) is 0 Å². The Kier molecular flexibility index (Phi) is 2.51. The van der Waals surface area contributed by atoms with E-state index in [1.807, 2.05) is 0 Å². The number of rotatable bonds is 1. The second-order valence-electron chi connectivity index (χ2n) is 2.87. The number of halogens is 1. The van der Waals surface area contributed by atoms with Crippen molar-refractivity contribution in [3.63, 3.8) is 0 Å². The molecule has 0 bridgehead atoms. The minimum atomic E-state index is -0.411. The number of aromatic nitrogens is 2. The van der Waals surface area contributed by atoms with Gasteiger partial charge in [0.1, 0.15) is 0 Å². The van der Waals surface area contributed by atoms with Crippen LogP contribution in [0.1, 0.15) is 10.4 Å². The molecule has 0 aliphatic heterocycles. The van der Waals surface area contributed by atoms with Crippen LogP contribution in [0.5, 0.6) is 0 Å². The summed E-state index contributed by atoms with van der Waals surface area (Å²) in [6.07, 6.45) is 1.51. The van der Waals surface area contributed by atoms with Gasteiger partial charge in [-0.1, -0.05) is 6.07 Å². The van der Waals surface area contributed by atoms with Gasteiger partial charge in [-0.25, -0.2) is 14.8 Å². The third-order valence-electron chi connectivity index (χ3n) is 2.00. The van der Waals surface area contributed by atoms with E-state index in [1.54, 1.807) is 18.2 Å². The molecule has 0 unspecified atom stereocenters. The molecule has 0 fully saturated rings. The van der Waals surface area contributed by atoms with Gasteiger partial charge in [0.2, 0.25) is 5.28 Å². The first-order valence-corrected chi connectivity index (χ1v) is 4.60. The van der Waals surface area contributed by atoms with Crippen molar-refractivity contribution in [3.05, 3.63) is 35.2 Å². The first-order valence-electron chi connectivity index (χ1n) is 4.22. The Hall–Kier alpha value is -1.68. The smallest absolute Gasteiger partial charge is 0.338 e. The molecule has 0 atom stereocenters. The molecule has 0 radical (unpaired) electrons. The number of hydrogen-bond donors (Lipinski definition) is 0. The Morgan fingerprint density at radius 2 is 2.27 bits per heavy atom. The molecule has 0 amide bonds. The highest BCUT2D eigenvalue weighted by Gasteiger charge is 2.10. The number of carbonyl (C=O) groups is 1. The minimum Gasteiger partial charge on any atom is -0.465 e. The molecule has 4 nitrogen and oxygen atoms in total. The third kappa shape index (κ3) is 1.76. The van der Waals surface area contributed by atoms with Crippen molar-refractivity contribution >= 4 is 28.5 Å². The van der Waals surface area contributed by atoms with Crippen molar-refractivity contribution < 1.29 is 9.53 Å².